The lowest BCUT2D eigenvalue weighted by atomic mass is 9.57. The largest absolute Gasteiger partial charge is 0.465 e. The SMILES string of the molecule is C=CC[C@H](O)[C@H]1COC(=O)[C@@]12C[C@@H](C=C)CC[C@H]2C=C. The van der Waals surface area contributed by atoms with Crippen LogP contribution >= 0.6 is 0 Å². The lowest BCUT2D eigenvalue weighted by Gasteiger charge is -2.44. The predicted octanol–water partition coefficient (Wildman–Crippen LogP) is 2.87. The zero-order valence-electron chi connectivity index (χ0n) is 12.0. The van der Waals surface area contributed by atoms with Crippen molar-refractivity contribution in [3.8, 4) is 0 Å². The fourth-order valence-corrected chi connectivity index (χ4v) is 3.92. The summed E-state index contributed by atoms with van der Waals surface area (Å²) in [6, 6.07) is 0. The summed E-state index contributed by atoms with van der Waals surface area (Å²) in [4.78, 5) is 12.5. The first-order valence-electron chi connectivity index (χ1n) is 7.31. The fourth-order valence-electron chi connectivity index (χ4n) is 3.92. The van der Waals surface area contributed by atoms with E-state index in [1.54, 1.807) is 6.08 Å². The molecule has 3 nitrogen and oxygen atoms in total. The van der Waals surface area contributed by atoms with Crippen LogP contribution < -0.4 is 0 Å². The van der Waals surface area contributed by atoms with Gasteiger partial charge < -0.3 is 9.84 Å². The molecule has 0 aromatic heterocycles. The quantitative estimate of drug-likeness (QED) is 0.620. The molecule has 0 aromatic rings. The van der Waals surface area contributed by atoms with Crippen molar-refractivity contribution in [1.82, 2.24) is 0 Å². The molecule has 110 valence electrons. The van der Waals surface area contributed by atoms with Crippen LogP contribution in [-0.2, 0) is 9.53 Å². The molecular weight excluding hydrogens is 252 g/mol. The number of hydrogen-bond acceptors (Lipinski definition) is 3. The van der Waals surface area contributed by atoms with E-state index in [1.165, 1.54) is 0 Å². The van der Waals surface area contributed by atoms with Gasteiger partial charge in [0, 0.05) is 5.92 Å². The van der Waals surface area contributed by atoms with E-state index >= 15 is 0 Å². The van der Waals surface area contributed by atoms with Gasteiger partial charge in [-0.1, -0.05) is 18.2 Å². The molecule has 1 heterocycles. The first-order chi connectivity index (χ1) is 9.59. The maximum absolute atomic E-state index is 12.5. The molecule has 0 amide bonds. The standard InChI is InChI=1S/C17H24O3/c1-4-7-15(18)14-11-20-16(19)17(14)10-12(5-2)8-9-13(17)6-3/h4-6,12-15,18H,1-3,7-11H2/t12-,13+,14+,15-,17+/m0/s1. The molecule has 1 saturated heterocycles. The third-order valence-corrected chi connectivity index (χ3v) is 5.04. The molecule has 0 unspecified atom stereocenters. The van der Waals surface area contributed by atoms with Crippen molar-refractivity contribution < 1.29 is 14.6 Å². The highest BCUT2D eigenvalue weighted by molar-refractivity contribution is 5.80. The van der Waals surface area contributed by atoms with Gasteiger partial charge in [-0.2, -0.15) is 0 Å². The Morgan fingerprint density at radius 2 is 2.10 bits per heavy atom. The Balaban J connectivity index is 2.37. The van der Waals surface area contributed by atoms with E-state index in [0.717, 1.165) is 12.8 Å². The number of hydrogen-bond donors (Lipinski definition) is 1. The van der Waals surface area contributed by atoms with E-state index < -0.39 is 11.5 Å². The Bertz CT molecular complexity index is 414. The maximum atomic E-state index is 12.5. The summed E-state index contributed by atoms with van der Waals surface area (Å²) in [7, 11) is 0. The molecule has 2 rings (SSSR count). The number of cyclic esters (lactones) is 1. The molecule has 2 fully saturated rings. The van der Waals surface area contributed by atoms with E-state index in [0.29, 0.717) is 25.4 Å². The number of esters is 1. The first-order valence-corrected chi connectivity index (χ1v) is 7.31. The molecule has 3 heteroatoms. The van der Waals surface area contributed by atoms with Gasteiger partial charge in [-0.15, -0.1) is 19.7 Å². The minimum absolute atomic E-state index is 0.0677. The molecule has 0 bridgehead atoms. The lowest BCUT2D eigenvalue weighted by Crippen LogP contribution is -2.48. The number of ether oxygens (including phenoxy) is 1. The highest BCUT2D eigenvalue weighted by atomic mass is 16.5. The van der Waals surface area contributed by atoms with Crippen molar-refractivity contribution in [2.45, 2.75) is 31.8 Å². The Labute approximate surface area is 121 Å². The summed E-state index contributed by atoms with van der Waals surface area (Å²) >= 11 is 0. The summed E-state index contributed by atoms with van der Waals surface area (Å²) in [5, 5.41) is 10.4. The highest BCUT2D eigenvalue weighted by Crippen LogP contribution is 2.54. The monoisotopic (exact) mass is 276 g/mol. The Kier molecular flexibility index (Phi) is 4.48. The topological polar surface area (TPSA) is 46.5 Å². The predicted molar refractivity (Wildman–Crippen MR) is 78.9 cm³/mol. The molecule has 0 aromatic carbocycles. The van der Waals surface area contributed by atoms with Gasteiger partial charge in [0.1, 0.15) is 0 Å². The van der Waals surface area contributed by atoms with Gasteiger partial charge in [0.15, 0.2) is 0 Å². The summed E-state index contributed by atoms with van der Waals surface area (Å²) in [5.74, 6) is 0.00857. The normalized spacial score (nSPS) is 38.2. The molecule has 1 saturated carbocycles. The number of carbonyl (C=O) groups excluding carboxylic acids is 1. The fraction of sp³-hybridized carbons (Fsp3) is 0.588. The average Bonchev–Trinajstić information content (AvgIpc) is 2.77. The van der Waals surface area contributed by atoms with Gasteiger partial charge in [0.05, 0.1) is 18.1 Å². The summed E-state index contributed by atoms with van der Waals surface area (Å²) < 4.78 is 5.34. The van der Waals surface area contributed by atoms with E-state index in [4.69, 9.17) is 4.74 Å². The van der Waals surface area contributed by atoms with Crippen LogP contribution in [0, 0.1) is 23.2 Å². The number of carbonyl (C=O) groups is 1. The molecule has 2 aliphatic rings. The minimum atomic E-state index is -0.638. The van der Waals surface area contributed by atoms with Crippen LogP contribution in [0.3, 0.4) is 0 Å². The maximum Gasteiger partial charge on any atom is 0.313 e. The Morgan fingerprint density at radius 3 is 2.70 bits per heavy atom. The van der Waals surface area contributed by atoms with Crippen LogP contribution in [0.5, 0.6) is 0 Å². The molecule has 0 radical (unpaired) electrons. The van der Waals surface area contributed by atoms with Crippen LogP contribution in [0.15, 0.2) is 38.0 Å². The van der Waals surface area contributed by atoms with Gasteiger partial charge in [-0.25, -0.2) is 0 Å². The number of rotatable bonds is 5. The third kappa shape index (κ3) is 2.24. The van der Waals surface area contributed by atoms with E-state index in [1.807, 2.05) is 12.2 Å². The highest BCUT2D eigenvalue weighted by Gasteiger charge is 2.59. The summed E-state index contributed by atoms with van der Waals surface area (Å²) in [6.07, 6.45) is 7.97. The Hall–Kier alpha value is -1.35. The second-order valence-electron chi connectivity index (χ2n) is 5.96. The third-order valence-electron chi connectivity index (χ3n) is 5.04. The molecule has 1 spiro atoms. The summed E-state index contributed by atoms with van der Waals surface area (Å²) in [6.45, 7) is 11.7. The zero-order valence-corrected chi connectivity index (χ0v) is 12.0. The van der Waals surface area contributed by atoms with E-state index in [-0.39, 0.29) is 17.8 Å². The molecule has 20 heavy (non-hydrogen) atoms. The van der Waals surface area contributed by atoms with Crippen molar-refractivity contribution in [1.29, 1.82) is 0 Å². The number of aliphatic hydroxyl groups is 1. The van der Waals surface area contributed by atoms with Gasteiger partial charge in [-0.3, -0.25) is 4.79 Å². The second-order valence-corrected chi connectivity index (χ2v) is 5.96. The van der Waals surface area contributed by atoms with Crippen LogP contribution in [0.1, 0.15) is 25.7 Å². The van der Waals surface area contributed by atoms with Crippen molar-refractivity contribution in [2.75, 3.05) is 6.61 Å². The zero-order chi connectivity index (χ0) is 14.8. The van der Waals surface area contributed by atoms with Crippen LogP contribution in [0.4, 0.5) is 0 Å². The Morgan fingerprint density at radius 1 is 1.35 bits per heavy atom. The minimum Gasteiger partial charge on any atom is -0.465 e. The molecular formula is C17H24O3. The average molecular weight is 276 g/mol. The van der Waals surface area contributed by atoms with E-state index in [9.17, 15) is 9.90 Å². The van der Waals surface area contributed by atoms with Crippen LogP contribution in [0.25, 0.3) is 0 Å². The first kappa shape index (κ1) is 15.0. The number of allylic oxidation sites excluding steroid dienone is 2. The van der Waals surface area contributed by atoms with Crippen molar-refractivity contribution >= 4 is 5.97 Å². The van der Waals surface area contributed by atoms with Gasteiger partial charge >= 0.3 is 5.97 Å². The van der Waals surface area contributed by atoms with E-state index in [2.05, 4.69) is 19.7 Å². The molecule has 1 aliphatic heterocycles. The molecule has 1 aliphatic carbocycles. The summed E-state index contributed by atoms with van der Waals surface area (Å²) in [5.41, 5.74) is -0.638. The van der Waals surface area contributed by atoms with Gasteiger partial charge in [-0.05, 0) is 37.5 Å². The van der Waals surface area contributed by atoms with Crippen LogP contribution in [-0.4, -0.2) is 23.8 Å². The van der Waals surface area contributed by atoms with Crippen molar-refractivity contribution in [2.24, 2.45) is 23.2 Å². The van der Waals surface area contributed by atoms with Gasteiger partial charge in [0.25, 0.3) is 0 Å². The lowest BCUT2D eigenvalue weighted by molar-refractivity contribution is -0.152. The number of aliphatic hydroxyl groups excluding tert-OH is 1. The molecule has 1 N–H and O–H groups in total. The second kappa shape index (κ2) is 5.96. The van der Waals surface area contributed by atoms with Crippen molar-refractivity contribution in [3.05, 3.63) is 38.0 Å². The van der Waals surface area contributed by atoms with Crippen LogP contribution in [0.2, 0.25) is 0 Å². The van der Waals surface area contributed by atoms with Crippen molar-refractivity contribution in [3.63, 3.8) is 0 Å². The smallest absolute Gasteiger partial charge is 0.313 e. The molecule has 5 atom stereocenters. The van der Waals surface area contributed by atoms with Gasteiger partial charge in [0.2, 0.25) is 0 Å².